The minimum absolute atomic E-state index is 0.0744. The lowest BCUT2D eigenvalue weighted by molar-refractivity contribution is -0.121. The number of hydrogen-bond donors (Lipinski definition) is 5. The predicted molar refractivity (Wildman–Crippen MR) is 494 cm³/mol. The number of fused-ring (bicyclic) bond motifs is 4. The van der Waals surface area contributed by atoms with Gasteiger partial charge in [-0.3, -0.25) is 33.7 Å². The molecule has 0 aliphatic heterocycles. The number of ether oxygens (including phenoxy) is 2. The van der Waals surface area contributed by atoms with Gasteiger partial charge in [0, 0.05) is 120 Å². The van der Waals surface area contributed by atoms with Gasteiger partial charge in [0.05, 0.1) is 30.2 Å². The van der Waals surface area contributed by atoms with Crippen LogP contribution >= 0.6 is 11.8 Å². The lowest BCUT2D eigenvalue weighted by atomic mass is 9.82. The minimum atomic E-state index is -0.859. The zero-order chi connectivity index (χ0) is 86.5. The van der Waals surface area contributed by atoms with Crippen LogP contribution in [0.25, 0.3) is 43.1 Å². The normalized spacial score (nSPS) is 11.8. The summed E-state index contributed by atoms with van der Waals surface area (Å²) in [5.41, 5.74) is 13.6. The molecule has 1 unspecified atom stereocenters. The van der Waals surface area contributed by atoms with Crippen LogP contribution in [0, 0.1) is 18.8 Å². The molecule has 14 aromatic rings. The van der Waals surface area contributed by atoms with E-state index < -0.39 is 20.1 Å². The molecule has 5 N–H and O–H groups in total. The molecule has 20 nitrogen and oxygen atoms in total. The molecule has 124 heavy (non-hydrogen) atoms. The molecule has 13 aromatic carbocycles. The lowest BCUT2D eigenvalue weighted by Gasteiger charge is -2.36. The van der Waals surface area contributed by atoms with E-state index in [0.717, 1.165) is 115 Å². The number of nitrogens with zero attached hydrogens (tertiary/aromatic N) is 7. The first-order valence-corrected chi connectivity index (χ1v) is 42.6. The Morgan fingerprint density at radius 1 is 0.516 bits per heavy atom. The molecule has 1 atom stereocenters. The van der Waals surface area contributed by atoms with E-state index in [1.54, 1.807) is 71.8 Å². The van der Waals surface area contributed by atoms with Crippen LogP contribution in [0.5, 0.6) is 23.0 Å². The van der Waals surface area contributed by atoms with Gasteiger partial charge in [0.1, 0.15) is 35.3 Å². The lowest BCUT2D eigenvalue weighted by Crippen LogP contribution is -2.29. The number of hydrogen-bond acceptors (Lipinski definition) is 16. The van der Waals surface area contributed by atoms with Crippen molar-refractivity contribution in [2.75, 3.05) is 47.6 Å². The van der Waals surface area contributed by atoms with E-state index >= 15 is 9.59 Å². The van der Waals surface area contributed by atoms with Crippen molar-refractivity contribution >= 4 is 93.9 Å². The molecule has 1 heterocycles. The molecule has 0 fully saturated rings. The maximum atomic E-state index is 15.5. The van der Waals surface area contributed by atoms with E-state index in [-0.39, 0.29) is 74.1 Å². The van der Waals surface area contributed by atoms with E-state index in [4.69, 9.17) is 18.8 Å². The summed E-state index contributed by atoms with van der Waals surface area (Å²) in [6.45, 7) is 5.81. The highest BCUT2D eigenvalue weighted by atomic mass is 32.2. The molecule has 0 saturated carbocycles. The molecule has 0 aliphatic rings. The Hall–Kier alpha value is -13.0. The fourth-order valence-electron chi connectivity index (χ4n) is 16.4. The Balaban J connectivity index is 0.686. The van der Waals surface area contributed by atoms with Crippen LogP contribution in [-0.4, -0.2) is 136 Å². The van der Waals surface area contributed by atoms with Gasteiger partial charge in [-0.25, -0.2) is 0 Å². The van der Waals surface area contributed by atoms with Crippen LogP contribution < -0.4 is 29.4 Å². The van der Waals surface area contributed by atoms with Crippen molar-refractivity contribution < 1.29 is 53.1 Å². The Morgan fingerprint density at radius 2 is 1.01 bits per heavy atom. The summed E-state index contributed by atoms with van der Waals surface area (Å²) in [6, 6.07) is 85.6. The Bertz CT molecular complexity index is 6020. The second kappa shape index (κ2) is 41.7. The first kappa shape index (κ1) is 87.3. The van der Waals surface area contributed by atoms with E-state index in [0.29, 0.717) is 92.9 Å². The molecule has 4 amide bonds. The summed E-state index contributed by atoms with van der Waals surface area (Å²) >= 11 is 1.63. The number of nitrogens with one attached hydrogen (secondary N) is 2. The van der Waals surface area contributed by atoms with Gasteiger partial charge in [-0.15, -0.1) is 16.9 Å². The molecule has 628 valence electrons. The van der Waals surface area contributed by atoms with Gasteiger partial charge >= 0.3 is 15.4 Å². The summed E-state index contributed by atoms with van der Waals surface area (Å²) in [7, 11) is 8.49. The number of thioether (sulfide) groups is 1. The molecular weight excluding hydrogens is 1570 g/mol. The van der Waals surface area contributed by atoms with Crippen molar-refractivity contribution in [3.63, 3.8) is 0 Å². The average Bonchev–Trinajstić information content (AvgIpc) is 0.881. The van der Waals surface area contributed by atoms with Crippen LogP contribution in [0.3, 0.4) is 0 Å². The summed E-state index contributed by atoms with van der Waals surface area (Å²) in [6.07, 6.45) is 3.13. The zero-order valence-electron chi connectivity index (χ0n) is 70.8. The van der Waals surface area contributed by atoms with Gasteiger partial charge in [0.15, 0.2) is 0 Å². The number of para-hydroxylation sites is 2. The number of aliphatic hydroxyl groups is 1. The second-order valence-electron chi connectivity index (χ2n) is 31.2. The third kappa shape index (κ3) is 20.8. The van der Waals surface area contributed by atoms with Crippen LogP contribution in [0.1, 0.15) is 124 Å². The highest BCUT2D eigenvalue weighted by Gasteiger charge is 2.38. The van der Waals surface area contributed by atoms with Crippen molar-refractivity contribution in [3.05, 3.63) is 356 Å². The first-order chi connectivity index (χ1) is 60.5. The fraction of sp³-hybridized carbons (Fsp3) is 0.228. The summed E-state index contributed by atoms with van der Waals surface area (Å²) in [5, 5.41) is 52.9. The zero-order valence-corrected chi connectivity index (χ0v) is 71.6. The number of carbonyl (C=O) groups is 4. The van der Waals surface area contributed by atoms with Crippen LogP contribution in [0.15, 0.2) is 267 Å². The van der Waals surface area contributed by atoms with Crippen molar-refractivity contribution in [2.24, 2.45) is 0 Å². The van der Waals surface area contributed by atoms with Crippen molar-refractivity contribution in [3.8, 4) is 34.8 Å². The predicted octanol–water partition coefficient (Wildman–Crippen LogP) is 15.4. The third-order valence-electron chi connectivity index (χ3n) is 22.6. The molecule has 0 radical (unpaired) electrons. The van der Waals surface area contributed by atoms with Crippen molar-refractivity contribution in [2.45, 2.75) is 103 Å². The Kier molecular flexibility index (Phi) is 29.4. The number of aryl methyl sites for hydroxylation is 2. The fourth-order valence-corrected chi connectivity index (χ4v) is 17.8. The maximum Gasteiger partial charge on any atom is 0.504 e. The van der Waals surface area contributed by atoms with Crippen LogP contribution in [0.2, 0.25) is 0 Å². The molecule has 23 heteroatoms. The number of methoxy groups -OCH3 is 1. The molecule has 0 spiro atoms. The van der Waals surface area contributed by atoms with E-state index in [9.17, 15) is 24.7 Å². The SMILES string of the molecule is COc1ccc(C(SCCC(=O)NCCCn2cc(COc3cc(C(=O)N(C)Cc4c5ccccc5c(CN(C)Cc5ccccc5OBO)c5ccccc45)ccc3C(=O)N(C)Cc3c4ccccc4c(CN(C)Cc4ccccc4OBO)c4ccccc34)nn2)(c2ccc(CO)cc2)c2ccc(C)c(C#CCCC(=O)NCc3ccccc3)c2)cc1. The number of benzene rings is 13. The van der Waals surface area contributed by atoms with Gasteiger partial charge < -0.3 is 54.4 Å². The topological polar surface area (TPSA) is 234 Å². The van der Waals surface area contributed by atoms with Crippen molar-refractivity contribution in [1.82, 2.24) is 45.2 Å². The highest BCUT2D eigenvalue weighted by molar-refractivity contribution is 8.00. The van der Waals surface area contributed by atoms with Gasteiger partial charge in [0.25, 0.3) is 11.8 Å². The smallest absolute Gasteiger partial charge is 0.504 e. The number of amides is 4. The standard InChI is InChI=1S/C101H101B2N9O11S/c1-69-41-45-78(57-72(69)27-12-23-40-97(114)105-59-70-25-8-7-9-26-70)101(76-46-42-71(67-113)43-47-76,77-48-50-80(120-6)51-49-77)124-56-53-98(115)104-54-24-55-112-62-79(106-107-112)68-121-96-58-73(99(116)110(4)65-92-85-34-17-13-30-81(85)90(82-31-14-18-35-86(82)92)63-108(2)60-74-28-10-21-38-94(74)122-102-118)44-52-89(96)100(117)111(5)66-93-87-36-19-15-32-83(87)91(84-33-16-20-37-88(84)93)64-109(3)61-75-29-11-22-39-95(75)123-103-119/h7-11,13-22,25-26,28-39,41-52,57-58,62,102-103,113,118-119H,23-24,40,53-56,59-61,63-68H2,1-6H3,(H,104,115)(H,105,114). The quantitative estimate of drug-likeness (QED) is 0.00796. The summed E-state index contributed by atoms with van der Waals surface area (Å²) in [4.78, 5) is 65.5. The average molecular weight is 1670 g/mol. The summed E-state index contributed by atoms with van der Waals surface area (Å²) < 4.78 is 24.4. The first-order valence-electron chi connectivity index (χ1n) is 41.7. The third-order valence-corrected chi connectivity index (χ3v) is 24.1. The van der Waals surface area contributed by atoms with Gasteiger partial charge in [-0.05, 0) is 175 Å². The van der Waals surface area contributed by atoms with E-state index in [1.165, 1.54) is 0 Å². The Morgan fingerprint density at radius 3 is 1.54 bits per heavy atom. The largest absolute Gasteiger partial charge is 0.539 e. The maximum absolute atomic E-state index is 15.5. The number of aliphatic hydroxyl groups excluding tert-OH is 1. The van der Waals surface area contributed by atoms with Crippen LogP contribution in [-0.2, 0) is 79.9 Å². The van der Waals surface area contributed by atoms with Gasteiger partial charge in [-0.1, -0.05) is 229 Å². The molecular formula is C101H101B2N9O11S. The summed E-state index contributed by atoms with van der Waals surface area (Å²) in [5.74, 6) is 8.36. The molecule has 0 aliphatic carbocycles. The number of aromatic nitrogens is 3. The number of carbonyl (C=O) groups excluding carboxylic acids is 4. The van der Waals surface area contributed by atoms with Crippen molar-refractivity contribution in [1.29, 1.82) is 0 Å². The monoisotopic (exact) mass is 1670 g/mol. The molecule has 0 bridgehead atoms. The number of rotatable bonds is 38. The highest BCUT2D eigenvalue weighted by Crippen LogP contribution is 2.50. The van der Waals surface area contributed by atoms with E-state index in [1.807, 2.05) is 183 Å². The molecule has 0 saturated heterocycles. The Labute approximate surface area is 729 Å². The minimum Gasteiger partial charge on any atom is -0.539 e. The second-order valence-corrected chi connectivity index (χ2v) is 32.5. The van der Waals surface area contributed by atoms with Gasteiger partial charge in [-0.2, -0.15) is 0 Å². The van der Waals surface area contributed by atoms with E-state index in [2.05, 4.69) is 123 Å². The van der Waals surface area contributed by atoms with Gasteiger partial charge in [0.2, 0.25) is 11.8 Å². The molecule has 14 rings (SSSR count). The molecule has 1 aromatic heterocycles. The van der Waals surface area contributed by atoms with Crippen LogP contribution in [0.4, 0.5) is 0 Å².